The molecule has 0 aliphatic rings. The van der Waals surface area contributed by atoms with Gasteiger partial charge in [-0.25, -0.2) is 0 Å². The van der Waals surface area contributed by atoms with Gasteiger partial charge < -0.3 is 10.4 Å². The summed E-state index contributed by atoms with van der Waals surface area (Å²) in [4.78, 5) is 12.8. The summed E-state index contributed by atoms with van der Waals surface area (Å²) in [6, 6.07) is 15.1. The summed E-state index contributed by atoms with van der Waals surface area (Å²) in [7, 11) is 0. The predicted octanol–water partition coefficient (Wildman–Crippen LogP) is 7.13. The van der Waals surface area contributed by atoms with Gasteiger partial charge in [0.05, 0.1) is 17.0 Å². The van der Waals surface area contributed by atoms with Gasteiger partial charge in [0.1, 0.15) is 5.75 Å². The van der Waals surface area contributed by atoms with Crippen LogP contribution in [0.2, 0.25) is 0 Å². The summed E-state index contributed by atoms with van der Waals surface area (Å²) in [6.07, 6.45) is 0. The molecule has 0 saturated carbocycles. The number of aromatic hydroxyl groups is 1. The van der Waals surface area contributed by atoms with E-state index in [0.29, 0.717) is 16.5 Å². The largest absolute Gasteiger partial charge is 0.507 e. The minimum Gasteiger partial charge on any atom is -0.507 e. The third kappa shape index (κ3) is 5.47. The summed E-state index contributed by atoms with van der Waals surface area (Å²) in [5, 5.41) is 22.9. The number of hydrogen-bond acceptors (Lipinski definition) is 5. The van der Waals surface area contributed by atoms with Crippen molar-refractivity contribution >= 4 is 55.2 Å². The Labute approximate surface area is 225 Å². The number of nitrogens with zero attached hydrogens (tertiary/aromatic N) is 3. The number of aromatic nitrogens is 3. The first-order valence-electron chi connectivity index (χ1n) is 10.9. The van der Waals surface area contributed by atoms with E-state index in [1.165, 1.54) is 11.8 Å². The number of thioether (sulfide) groups is 1. The molecule has 4 aromatic rings. The van der Waals surface area contributed by atoms with Gasteiger partial charge in [-0.2, -0.15) is 0 Å². The van der Waals surface area contributed by atoms with Gasteiger partial charge in [-0.15, -0.1) is 10.2 Å². The highest BCUT2D eigenvalue weighted by Gasteiger charge is 2.21. The molecule has 2 N–H and O–H groups in total. The predicted molar refractivity (Wildman–Crippen MR) is 149 cm³/mol. The molecular formula is C26H24Br2N4O2S. The maximum Gasteiger partial charge on any atom is 0.234 e. The molecule has 1 amide bonds. The number of benzene rings is 3. The number of amides is 1. The average molecular weight is 616 g/mol. The number of hydrogen-bond donors (Lipinski definition) is 2. The fourth-order valence-electron chi connectivity index (χ4n) is 3.74. The van der Waals surface area contributed by atoms with Crippen molar-refractivity contribution in [1.29, 1.82) is 0 Å². The smallest absolute Gasteiger partial charge is 0.234 e. The molecule has 1 heterocycles. The van der Waals surface area contributed by atoms with Gasteiger partial charge in [-0.1, -0.05) is 61.3 Å². The van der Waals surface area contributed by atoms with E-state index in [2.05, 4.69) is 53.4 Å². The molecule has 0 aliphatic heterocycles. The van der Waals surface area contributed by atoms with Crippen molar-refractivity contribution in [2.24, 2.45) is 0 Å². The van der Waals surface area contributed by atoms with Crippen molar-refractivity contribution in [3.8, 4) is 22.8 Å². The lowest BCUT2D eigenvalue weighted by Crippen LogP contribution is -2.15. The summed E-state index contributed by atoms with van der Waals surface area (Å²) in [5.41, 5.74) is 6.49. The van der Waals surface area contributed by atoms with E-state index in [0.717, 1.165) is 42.6 Å². The van der Waals surface area contributed by atoms with Crippen molar-refractivity contribution < 1.29 is 9.90 Å². The van der Waals surface area contributed by atoms with Crippen LogP contribution in [0.3, 0.4) is 0 Å². The van der Waals surface area contributed by atoms with Gasteiger partial charge in [0, 0.05) is 14.6 Å². The summed E-state index contributed by atoms with van der Waals surface area (Å²) < 4.78 is 3.71. The minimum absolute atomic E-state index is 0.0991. The van der Waals surface area contributed by atoms with Crippen molar-refractivity contribution in [1.82, 2.24) is 14.8 Å². The average Bonchev–Trinajstić information content (AvgIpc) is 3.23. The maximum atomic E-state index is 12.8. The molecule has 35 heavy (non-hydrogen) atoms. The van der Waals surface area contributed by atoms with Crippen LogP contribution in [0.25, 0.3) is 17.1 Å². The van der Waals surface area contributed by atoms with Gasteiger partial charge in [0.2, 0.25) is 5.91 Å². The maximum absolute atomic E-state index is 12.8. The van der Waals surface area contributed by atoms with Gasteiger partial charge >= 0.3 is 0 Å². The van der Waals surface area contributed by atoms with Crippen LogP contribution >= 0.6 is 43.6 Å². The number of aryl methyl sites for hydroxylation is 2. The lowest BCUT2D eigenvalue weighted by Gasteiger charge is -2.15. The van der Waals surface area contributed by atoms with Crippen LogP contribution in [-0.2, 0) is 4.79 Å². The first-order valence-corrected chi connectivity index (χ1v) is 13.4. The quantitative estimate of drug-likeness (QED) is 0.226. The molecule has 0 saturated heterocycles. The molecule has 0 unspecified atom stereocenters. The van der Waals surface area contributed by atoms with Crippen molar-refractivity contribution in [3.63, 3.8) is 0 Å². The van der Waals surface area contributed by atoms with Gasteiger partial charge in [0.15, 0.2) is 11.0 Å². The zero-order valence-corrected chi connectivity index (χ0v) is 23.7. The molecule has 180 valence electrons. The lowest BCUT2D eigenvalue weighted by molar-refractivity contribution is -0.113. The van der Waals surface area contributed by atoms with Gasteiger partial charge in [-0.3, -0.25) is 9.36 Å². The van der Waals surface area contributed by atoms with E-state index in [1.807, 2.05) is 56.5 Å². The highest BCUT2D eigenvalue weighted by Crippen LogP contribution is 2.35. The number of phenols is 1. The van der Waals surface area contributed by atoms with Crippen LogP contribution in [0, 0.1) is 27.7 Å². The number of carbonyl (C=O) groups excluding carboxylic acids is 1. The van der Waals surface area contributed by atoms with Crippen LogP contribution in [0.4, 0.5) is 5.69 Å². The van der Waals surface area contributed by atoms with E-state index in [1.54, 1.807) is 18.2 Å². The lowest BCUT2D eigenvalue weighted by atomic mass is 10.1. The molecule has 0 atom stereocenters. The minimum atomic E-state index is -0.137. The van der Waals surface area contributed by atoms with E-state index >= 15 is 0 Å². The number of nitrogens with one attached hydrogen (secondary N) is 1. The molecule has 6 nitrogen and oxygen atoms in total. The number of phenolic OH excluding ortho intramolecular Hbond substituents is 1. The zero-order chi connectivity index (χ0) is 25.3. The van der Waals surface area contributed by atoms with E-state index in [4.69, 9.17) is 0 Å². The molecule has 0 radical (unpaired) electrons. The van der Waals surface area contributed by atoms with Crippen LogP contribution < -0.4 is 5.32 Å². The highest BCUT2D eigenvalue weighted by molar-refractivity contribution is 9.10. The number of halogens is 2. The monoisotopic (exact) mass is 614 g/mol. The highest BCUT2D eigenvalue weighted by atomic mass is 79.9. The number of rotatable bonds is 6. The second kappa shape index (κ2) is 10.6. The fourth-order valence-corrected chi connectivity index (χ4v) is 5.27. The molecule has 0 aliphatic carbocycles. The topological polar surface area (TPSA) is 80.0 Å². The Morgan fingerprint density at radius 1 is 1.00 bits per heavy atom. The van der Waals surface area contributed by atoms with Gasteiger partial charge in [-0.05, 0) is 80.8 Å². The van der Waals surface area contributed by atoms with Crippen LogP contribution in [0.1, 0.15) is 22.3 Å². The molecule has 0 spiro atoms. The second-order valence-corrected chi connectivity index (χ2v) is 11.0. The third-order valence-corrected chi connectivity index (χ3v) is 8.03. The van der Waals surface area contributed by atoms with Crippen molar-refractivity contribution in [2.45, 2.75) is 32.9 Å². The molecule has 1 aromatic heterocycles. The molecule has 0 fully saturated rings. The Morgan fingerprint density at radius 2 is 1.77 bits per heavy atom. The van der Waals surface area contributed by atoms with E-state index in [-0.39, 0.29) is 17.4 Å². The summed E-state index contributed by atoms with van der Waals surface area (Å²) in [5.74, 6) is 0.615. The first-order chi connectivity index (χ1) is 16.7. The summed E-state index contributed by atoms with van der Waals surface area (Å²) in [6.45, 7) is 8.05. The van der Waals surface area contributed by atoms with E-state index < -0.39 is 0 Å². The molecule has 4 rings (SSSR count). The Balaban J connectivity index is 1.67. The van der Waals surface area contributed by atoms with Gasteiger partial charge in [0.25, 0.3) is 0 Å². The normalized spacial score (nSPS) is 11.0. The first kappa shape index (κ1) is 25.5. The number of carbonyl (C=O) groups is 1. The molecule has 3 aromatic carbocycles. The van der Waals surface area contributed by atoms with Crippen molar-refractivity contribution in [2.75, 3.05) is 11.1 Å². The second-order valence-electron chi connectivity index (χ2n) is 8.27. The SMILES string of the molecule is Cc1ccc(-n2c(SCC(=O)Nc3ccc(Br)c(C)c3C)nnc2-c2cc(Br)ccc2O)c(C)c1. The van der Waals surface area contributed by atoms with Crippen LogP contribution in [0.15, 0.2) is 62.6 Å². The Bertz CT molecular complexity index is 1440. The Morgan fingerprint density at radius 3 is 2.51 bits per heavy atom. The Kier molecular flexibility index (Phi) is 7.68. The third-order valence-electron chi connectivity index (χ3n) is 5.75. The fraction of sp³-hybridized carbons (Fsp3) is 0.192. The Hall–Kier alpha value is -2.62. The van der Waals surface area contributed by atoms with Crippen molar-refractivity contribution in [3.05, 3.63) is 79.7 Å². The van der Waals surface area contributed by atoms with Crippen LogP contribution in [0.5, 0.6) is 5.75 Å². The summed E-state index contributed by atoms with van der Waals surface area (Å²) >= 11 is 8.29. The molecular weight excluding hydrogens is 592 g/mol. The molecule has 0 bridgehead atoms. The van der Waals surface area contributed by atoms with E-state index in [9.17, 15) is 9.90 Å². The standard InChI is InChI=1S/C26H24Br2N4O2S/c1-14-5-9-22(15(2)11-14)32-25(19-12-18(27)6-10-23(19)33)30-31-26(32)35-13-24(34)29-21-8-7-20(28)16(3)17(21)4/h5-12,33H,13H2,1-4H3,(H,29,34). The molecule has 9 heteroatoms. The zero-order valence-electron chi connectivity index (χ0n) is 19.7. The number of anilines is 1. The van der Waals surface area contributed by atoms with Crippen LogP contribution in [-0.4, -0.2) is 31.5 Å².